The second-order valence-corrected chi connectivity index (χ2v) is 5.30. The SMILES string of the molecule is CC1(Cc2c(Cl)cccc2Cl)CCC(=O)N1. The van der Waals surface area contributed by atoms with Crippen LogP contribution in [-0.2, 0) is 11.2 Å². The molecule has 1 atom stereocenters. The normalized spacial score (nSPS) is 24.6. The molecule has 4 heteroatoms. The Hall–Kier alpha value is -0.730. The van der Waals surface area contributed by atoms with Crippen LogP contribution >= 0.6 is 23.2 Å². The predicted octanol–water partition coefficient (Wildman–Crippen LogP) is 3.20. The molecule has 0 aliphatic carbocycles. The fourth-order valence-corrected chi connectivity index (χ4v) is 2.61. The summed E-state index contributed by atoms with van der Waals surface area (Å²) in [5.41, 5.74) is 0.696. The molecule has 86 valence electrons. The number of carbonyl (C=O) groups is 1. The van der Waals surface area contributed by atoms with Gasteiger partial charge in [0.15, 0.2) is 0 Å². The van der Waals surface area contributed by atoms with Gasteiger partial charge in [-0.2, -0.15) is 0 Å². The molecule has 2 nitrogen and oxygen atoms in total. The van der Waals surface area contributed by atoms with E-state index in [0.717, 1.165) is 12.0 Å². The minimum Gasteiger partial charge on any atom is -0.351 e. The first kappa shape index (κ1) is 11.7. The third-order valence-electron chi connectivity index (χ3n) is 2.97. The minimum atomic E-state index is -0.217. The zero-order valence-corrected chi connectivity index (χ0v) is 10.5. The van der Waals surface area contributed by atoms with Gasteiger partial charge in [0, 0.05) is 22.0 Å². The lowest BCUT2D eigenvalue weighted by molar-refractivity contribution is -0.119. The largest absolute Gasteiger partial charge is 0.351 e. The van der Waals surface area contributed by atoms with Crippen LogP contribution in [0.2, 0.25) is 10.0 Å². The number of amides is 1. The van der Waals surface area contributed by atoms with E-state index in [-0.39, 0.29) is 11.4 Å². The second-order valence-electron chi connectivity index (χ2n) is 4.49. The zero-order valence-electron chi connectivity index (χ0n) is 9.02. The maximum atomic E-state index is 11.2. The van der Waals surface area contributed by atoms with Crippen molar-refractivity contribution < 1.29 is 4.79 Å². The second kappa shape index (κ2) is 4.27. The van der Waals surface area contributed by atoms with Crippen molar-refractivity contribution in [3.05, 3.63) is 33.8 Å². The lowest BCUT2D eigenvalue weighted by Gasteiger charge is -2.25. The summed E-state index contributed by atoms with van der Waals surface area (Å²) in [7, 11) is 0. The molecular formula is C12H13Cl2NO. The fraction of sp³-hybridized carbons (Fsp3) is 0.417. The highest BCUT2D eigenvalue weighted by Gasteiger charge is 2.34. The Balaban J connectivity index is 2.24. The van der Waals surface area contributed by atoms with E-state index in [1.807, 2.05) is 25.1 Å². The molecule has 0 saturated carbocycles. The number of hydrogen-bond acceptors (Lipinski definition) is 1. The van der Waals surface area contributed by atoms with E-state index in [9.17, 15) is 4.79 Å². The van der Waals surface area contributed by atoms with Crippen molar-refractivity contribution in [3.8, 4) is 0 Å². The van der Waals surface area contributed by atoms with Crippen LogP contribution < -0.4 is 5.32 Å². The van der Waals surface area contributed by atoms with Crippen molar-refractivity contribution in [3.63, 3.8) is 0 Å². The van der Waals surface area contributed by atoms with Gasteiger partial charge < -0.3 is 5.32 Å². The van der Waals surface area contributed by atoms with E-state index in [1.54, 1.807) is 0 Å². The molecule has 0 aromatic heterocycles. The summed E-state index contributed by atoms with van der Waals surface area (Å²) in [5.74, 6) is 0.102. The van der Waals surface area contributed by atoms with Crippen LogP contribution in [0.15, 0.2) is 18.2 Å². The quantitative estimate of drug-likeness (QED) is 0.867. The van der Waals surface area contributed by atoms with Crippen LogP contribution in [0.3, 0.4) is 0 Å². The minimum absolute atomic E-state index is 0.102. The number of rotatable bonds is 2. The molecule has 1 amide bonds. The third-order valence-corrected chi connectivity index (χ3v) is 3.68. The maximum absolute atomic E-state index is 11.2. The lowest BCUT2D eigenvalue weighted by atomic mass is 9.91. The highest BCUT2D eigenvalue weighted by Crippen LogP contribution is 2.31. The van der Waals surface area contributed by atoms with Crippen LogP contribution in [0, 0.1) is 0 Å². The van der Waals surface area contributed by atoms with E-state index in [2.05, 4.69) is 5.32 Å². The first-order valence-electron chi connectivity index (χ1n) is 5.24. The van der Waals surface area contributed by atoms with Crippen LogP contribution in [0.5, 0.6) is 0 Å². The van der Waals surface area contributed by atoms with Gasteiger partial charge in [-0.3, -0.25) is 4.79 Å². The lowest BCUT2D eigenvalue weighted by Crippen LogP contribution is -2.40. The first-order valence-corrected chi connectivity index (χ1v) is 6.00. The Bertz CT molecular complexity index is 413. The highest BCUT2D eigenvalue weighted by molar-refractivity contribution is 6.36. The van der Waals surface area contributed by atoms with Gasteiger partial charge in [-0.15, -0.1) is 0 Å². The summed E-state index contributed by atoms with van der Waals surface area (Å²) in [6.07, 6.45) is 2.09. The summed E-state index contributed by atoms with van der Waals surface area (Å²) < 4.78 is 0. The molecule has 0 bridgehead atoms. The van der Waals surface area contributed by atoms with E-state index >= 15 is 0 Å². The molecule has 0 spiro atoms. The van der Waals surface area contributed by atoms with Gasteiger partial charge in [0.2, 0.25) is 5.91 Å². The van der Waals surface area contributed by atoms with Gasteiger partial charge in [-0.25, -0.2) is 0 Å². The molecule has 1 unspecified atom stereocenters. The molecule has 1 heterocycles. The summed E-state index contributed by atoms with van der Waals surface area (Å²) in [6.45, 7) is 2.03. The van der Waals surface area contributed by atoms with E-state index in [1.165, 1.54) is 0 Å². The number of benzene rings is 1. The Morgan fingerprint density at radius 3 is 2.50 bits per heavy atom. The van der Waals surface area contributed by atoms with Crippen molar-refractivity contribution in [2.75, 3.05) is 0 Å². The number of carbonyl (C=O) groups excluding carboxylic acids is 1. The van der Waals surface area contributed by atoms with E-state index in [4.69, 9.17) is 23.2 Å². The Labute approximate surface area is 105 Å². The van der Waals surface area contributed by atoms with Crippen molar-refractivity contribution in [2.24, 2.45) is 0 Å². The summed E-state index contributed by atoms with van der Waals surface area (Å²) in [6, 6.07) is 5.47. The molecule has 1 aromatic carbocycles. The smallest absolute Gasteiger partial charge is 0.220 e. The Morgan fingerprint density at radius 2 is 2.00 bits per heavy atom. The predicted molar refractivity (Wildman–Crippen MR) is 65.9 cm³/mol. The first-order chi connectivity index (χ1) is 7.50. The number of halogens is 2. The summed E-state index contributed by atoms with van der Waals surface area (Å²) >= 11 is 12.2. The van der Waals surface area contributed by atoms with Gasteiger partial charge in [0.05, 0.1) is 0 Å². The molecule has 1 N–H and O–H groups in total. The third kappa shape index (κ3) is 2.33. The molecule has 1 aliphatic heterocycles. The average molecular weight is 258 g/mol. The molecule has 1 fully saturated rings. The number of nitrogens with one attached hydrogen (secondary N) is 1. The number of hydrogen-bond donors (Lipinski definition) is 1. The van der Waals surface area contributed by atoms with Gasteiger partial charge in [-0.05, 0) is 37.5 Å². The van der Waals surface area contributed by atoms with Crippen molar-refractivity contribution >= 4 is 29.1 Å². The average Bonchev–Trinajstić information content (AvgIpc) is 2.53. The van der Waals surface area contributed by atoms with E-state index in [0.29, 0.717) is 22.9 Å². The van der Waals surface area contributed by atoms with E-state index < -0.39 is 0 Å². The molecular weight excluding hydrogens is 245 g/mol. The molecule has 1 saturated heterocycles. The van der Waals surface area contributed by atoms with Crippen molar-refractivity contribution in [2.45, 2.75) is 31.7 Å². The molecule has 1 aromatic rings. The van der Waals surface area contributed by atoms with Crippen LogP contribution in [0.25, 0.3) is 0 Å². The maximum Gasteiger partial charge on any atom is 0.220 e. The van der Waals surface area contributed by atoms with Gasteiger partial charge in [0.25, 0.3) is 0 Å². The summed E-state index contributed by atoms with van der Waals surface area (Å²) in [5, 5.41) is 4.30. The van der Waals surface area contributed by atoms with Crippen LogP contribution in [0.4, 0.5) is 0 Å². The standard InChI is InChI=1S/C12H13Cl2NO/c1-12(6-5-11(16)15-12)7-8-9(13)3-2-4-10(8)14/h2-4H,5-7H2,1H3,(H,15,16). The van der Waals surface area contributed by atoms with Gasteiger partial charge >= 0.3 is 0 Å². The topological polar surface area (TPSA) is 29.1 Å². The van der Waals surface area contributed by atoms with Crippen molar-refractivity contribution in [1.82, 2.24) is 5.32 Å². The molecule has 0 radical (unpaired) electrons. The molecule has 16 heavy (non-hydrogen) atoms. The zero-order chi connectivity index (χ0) is 11.8. The van der Waals surface area contributed by atoms with Crippen LogP contribution in [-0.4, -0.2) is 11.4 Å². The van der Waals surface area contributed by atoms with Crippen molar-refractivity contribution in [1.29, 1.82) is 0 Å². The fourth-order valence-electron chi connectivity index (χ4n) is 2.07. The summed E-state index contributed by atoms with van der Waals surface area (Å²) in [4.78, 5) is 11.2. The van der Waals surface area contributed by atoms with Crippen LogP contribution in [0.1, 0.15) is 25.3 Å². The molecule has 2 rings (SSSR count). The van der Waals surface area contributed by atoms with Gasteiger partial charge in [0.1, 0.15) is 0 Å². The monoisotopic (exact) mass is 257 g/mol. The Kier molecular flexibility index (Phi) is 3.13. The Morgan fingerprint density at radius 1 is 1.38 bits per heavy atom. The highest BCUT2D eigenvalue weighted by atomic mass is 35.5. The molecule has 1 aliphatic rings. The van der Waals surface area contributed by atoms with Gasteiger partial charge in [-0.1, -0.05) is 29.3 Å².